The van der Waals surface area contributed by atoms with Crippen molar-refractivity contribution in [3.8, 4) is 11.1 Å². The molecule has 0 saturated carbocycles. The molecule has 3 aromatic rings. The van der Waals surface area contributed by atoms with E-state index < -0.39 is 0 Å². The summed E-state index contributed by atoms with van der Waals surface area (Å²) < 4.78 is 5.48. The lowest BCUT2D eigenvalue weighted by Crippen LogP contribution is -1.73. The molecule has 0 bridgehead atoms. The molecule has 0 unspecified atom stereocenters. The van der Waals surface area contributed by atoms with Crippen LogP contribution in [0.5, 0.6) is 0 Å². The van der Waals surface area contributed by atoms with Gasteiger partial charge in [-0.05, 0) is 28.5 Å². The zero-order valence-electron chi connectivity index (χ0n) is 7.44. The Bertz CT molecular complexity index is 548. The molecule has 0 saturated heterocycles. The molecule has 0 aliphatic carbocycles. The summed E-state index contributed by atoms with van der Waals surface area (Å²) >= 11 is 1.70. The first-order chi connectivity index (χ1) is 6.95. The van der Waals surface area contributed by atoms with Gasteiger partial charge in [0.2, 0.25) is 0 Å². The summed E-state index contributed by atoms with van der Waals surface area (Å²) in [7, 11) is 0. The van der Waals surface area contributed by atoms with Gasteiger partial charge in [0.25, 0.3) is 0 Å². The number of fused-ring (bicyclic) bond motifs is 1. The summed E-state index contributed by atoms with van der Waals surface area (Å²) in [4.78, 5) is 0. The van der Waals surface area contributed by atoms with Gasteiger partial charge in [0.1, 0.15) is 5.58 Å². The van der Waals surface area contributed by atoms with E-state index in [1.54, 1.807) is 17.6 Å². The molecule has 0 spiro atoms. The Labute approximate surface area is 85.6 Å². The Morgan fingerprint density at radius 2 is 2.07 bits per heavy atom. The quantitative estimate of drug-likeness (QED) is 0.574. The predicted octanol–water partition coefficient (Wildman–Crippen LogP) is 4.16. The molecule has 1 nitrogen and oxygen atoms in total. The Morgan fingerprint density at radius 3 is 2.93 bits per heavy atom. The van der Waals surface area contributed by atoms with Crippen LogP contribution in [-0.2, 0) is 0 Å². The lowest BCUT2D eigenvalue weighted by atomic mass is 10.1. The molecule has 2 heteroatoms. The molecule has 14 heavy (non-hydrogen) atoms. The van der Waals surface area contributed by atoms with Crippen molar-refractivity contribution in [2.45, 2.75) is 0 Å². The van der Waals surface area contributed by atoms with Crippen LogP contribution in [0.3, 0.4) is 0 Å². The van der Waals surface area contributed by atoms with Gasteiger partial charge >= 0.3 is 0 Å². The van der Waals surface area contributed by atoms with E-state index in [2.05, 4.69) is 35.0 Å². The van der Waals surface area contributed by atoms with E-state index in [0.29, 0.717) is 0 Å². The van der Waals surface area contributed by atoms with Crippen LogP contribution in [0.2, 0.25) is 0 Å². The molecular formula is C12H8OS. The third-order valence-electron chi connectivity index (χ3n) is 2.31. The van der Waals surface area contributed by atoms with Crippen LogP contribution in [0.25, 0.3) is 22.1 Å². The molecule has 2 aromatic heterocycles. The van der Waals surface area contributed by atoms with Crippen LogP contribution in [0.4, 0.5) is 0 Å². The summed E-state index contributed by atoms with van der Waals surface area (Å²) in [5.74, 6) is 0. The van der Waals surface area contributed by atoms with E-state index in [4.69, 9.17) is 4.42 Å². The van der Waals surface area contributed by atoms with E-state index in [1.165, 1.54) is 11.1 Å². The molecule has 0 atom stereocenters. The average molecular weight is 200 g/mol. The average Bonchev–Trinajstić information content (AvgIpc) is 2.88. The number of thiophene rings is 1. The first-order valence-corrected chi connectivity index (χ1v) is 5.38. The SMILES string of the molecule is c1cc(-c2ccsc2)c2occc2c1. The summed E-state index contributed by atoms with van der Waals surface area (Å²) in [6, 6.07) is 10.3. The van der Waals surface area contributed by atoms with Gasteiger partial charge in [0.05, 0.1) is 6.26 Å². The third-order valence-corrected chi connectivity index (χ3v) is 2.99. The Morgan fingerprint density at radius 1 is 1.07 bits per heavy atom. The van der Waals surface area contributed by atoms with Gasteiger partial charge in [-0.15, -0.1) is 0 Å². The Kier molecular flexibility index (Phi) is 1.67. The van der Waals surface area contributed by atoms with Gasteiger partial charge in [-0.25, -0.2) is 0 Å². The molecule has 68 valence electrons. The van der Waals surface area contributed by atoms with Gasteiger partial charge in [-0.2, -0.15) is 11.3 Å². The summed E-state index contributed by atoms with van der Waals surface area (Å²) in [5, 5.41) is 5.38. The van der Waals surface area contributed by atoms with Crippen LogP contribution in [-0.4, -0.2) is 0 Å². The second kappa shape index (κ2) is 3.00. The fourth-order valence-corrected chi connectivity index (χ4v) is 2.29. The maximum absolute atomic E-state index is 5.48. The van der Waals surface area contributed by atoms with Crippen molar-refractivity contribution in [3.05, 3.63) is 47.4 Å². The maximum Gasteiger partial charge on any atom is 0.141 e. The zero-order valence-corrected chi connectivity index (χ0v) is 8.25. The summed E-state index contributed by atoms with van der Waals surface area (Å²) in [5.41, 5.74) is 3.38. The normalized spacial score (nSPS) is 10.9. The molecule has 2 heterocycles. The zero-order chi connectivity index (χ0) is 9.38. The number of para-hydroxylation sites is 1. The molecule has 0 N–H and O–H groups in total. The third kappa shape index (κ3) is 1.08. The summed E-state index contributed by atoms with van der Waals surface area (Å²) in [6.45, 7) is 0. The molecule has 3 rings (SSSR count). The van der Waals surface area contributed by atoms with Crippen LogP contribution in [0.15, 0.2) is 51.8 Å². The van der Waals surface area contributed by atoms with E-state index in [9.17, 15) is 0 Å². The van der Waals surface area contributed by atoms with Crippen LogP contribution < -0.4 is 0 Å². The van der Waals surface area contributed by atoms with Crippen molar-refractivity contribution >= 4 is 22.3 Å². The van der Waals surface area contributed by atoms with Crippen molar-refractivity contribution in [2.75, 3.05) is 0 Å². The fourth-order valence-electron chi connectivity index (χ4n) is 1.64. The maximum atomic E-state index is 5.48. The monoisotopic (exact) mass is 200 g/mol. The largest absolute Gasteiger partial charge is 0.464 e. The van der Waals surface area contributed by atoms with Gasteiger partial charge < -0.3 is 4.42 Å². The Balaban J connectivity index is 2.36. The summed E-state index contributed by atoms with van der Waals surface area (Å²) in [6.07, 6.45) is 1.74. The fraction of sp³-hybridized carbons (Fsp3) is 0. The van der Waals surface area contributed by atoms with Crippen molar-refractivity contribution in [2.24, 2.45) is 0 Å². The van der Waals surface area contributed by atoms with Gasteiger partial charge in [0, 0.05) is 10.9 Å². The molecule has 0 aliphatic rings. The number of hydrogen-bond donors (Lipinski definition) is 0. The molecule has 0 amide bonds. The number of furan rings is 1. The van der Waals surface area contributed by atoms with E-state index in [-0.39, 0.29) is 0 Å². The highest BCUT2D eigenvalue weighted by atomic mass is 32.1. The highest BCUT2D eigenvalue weighted by Crippen LogP contribution is 2.30. The molecule has 1 aromatic carbocycles. The lowest BCUT2D eigenvalue weighted by molar-refractivity contribution is 0.617. The van der Waals surface area contributed by atoms with Crippen molar-refractivity contribution in [1.29, 1.82) is 0 Å². The minimum absolute atomic E-state index is 0.978. The van der Waals surface area contributed by atoms with Crippen LogP contribution >= 0.6 is 11.3 Å². The van der Waals surface area contributed by atoms with Crippen LogP contribution in [0.1, 0.15) is 0 Å². The highest BCUT2D eigenvalue weighted by molar-refractivity contribution is 7.08. The second-order valence-corrected chi connectivity index (χ2v) is 3.94. The van der Waals surface area contributed by atoms with Gasteiger partial charge in [-0.1, -0.05) is 18.2 Å². The van der Waals surface area contributed by atoms with E-state index in [0.717, 1.165) is 11.0 Å². The molecule has 0 aliphatic heterocycles. The first kappa shape index (κ1) is 7.83. The molecule has 0 fully saturated rings. The first-order valence-electron chi connectivity index (χ1n) is 4.44. The number of rotatable bonds is 1. The standard InChI is InChI=1S/C12H8OS/c1-2-9-4-6-13-12(9)11(3-1)10-5-7-14-8-10/h1-8H. The smallest absolute Gasteiger partial charge is 0.141 e. The minimum atomic E-state index is 0.978. The Hall–Kier alpha value is -1.54. The van der Waals surface area contributed by atoms with Crippen LogP contribution in [0, 0.1) is 0 Å². The van der Waals surface area contributed by atoms with Crippen molar-refractivity contribution in [1.82, 2.24) is 0 Å². The highest BCUT2D eigenvalue weighted by Gasteiger charge is 2.05. The number of hydrogen-bond acceptors (Lipinski definition) is 2. The lowest BCUT2D eigenvalue weighted by Gasteiger charge is -1.97. The second-order valence-electron chi connectivity index (χ2n) is 3.16. The van der Waals surface area contributed by atoms with E-state index >= 15 is 0 Å². The van der Waals surface area contributed by atoms with Gasteiger partial charge in [0.15, 0.2) is 0 Å². The molecule has 0 radical (unpaired) electrons. The molecular weight excluding hydrogens is 192 g/mol. The van der Waals surface area contributed by atoms with Crippen molar-refractivity contribution < 1.29 is 4.42 Å². The van der Waals surface area contributed by atoms with E-state index in [1.807, 2.05) is 6.07 Å². The topological polar surface area (TPSA) is 13.1 Å². The van der Waals surface area contributed by atoms with Crippen molar-refractivity contribution in [3.63, 3.8) is 0 Å². The number of benzene rings is 1. The van der Waals surface area contributed by atoms with Gasteiger partial charge in [-0.3, -0.25) is 0 Å². The minimum Gasteiger partial charge on any atom is -0.464 e. The predicted molar refractivity (Wildman–Crippen MR) is 59.5 cm³/mol.